The van der Waals surface area contributed by atoms with Gasteiger partial charge in [-0.25, -0.2) is 14.3 Å². The number of rotatable bonds is 4. The molecule has 0 fully saturated rings. The molecule has 0 aliphatic carbocycles. The van der Waals surface area contributed by atoms with Crippen LogP contribution < -0.4 is 5.73 Å². The topological polar surface area (TPSA) is 82.5 Å². The Balaban J connectivity index is 2.03. The Morgan fingerprint density at radius 1 is 1.12 bits per heavy atom. The summed E-state index contributed by atoms with van der Waals surface area (Å²) in [5, 5.41) is 4.66. The van der Waals surface area contributed by atoms with E-state index in [1.807, 2.05) is 0 Å². The molecule has 4 rings (SSSR count). The van der Waals surface area contributed by atoms with E-state index in [1.54, 1.807) is 31.2 Å². The molecule has 0 unspecified atom stereocenters. The summed E-state index contributed by atoms with van der Waals surface area (Å²) in [5.74, 6) is -0.809. The number of carbonyl (C=O) groups excluding carboxylic acids is 1. The number of hydrogen-bond donors (Lipinski definition) is 1. The summed E-state index contributed by atoms with van der Waals surface area (Å²) in [6.45, 7) is 1.77. The Morgan fingerprint density at radius 2 is 1.81 bits per heavy atom. The smallest absolute Gasteiger partial charge is 0.416 e. The van der Waals surface area contributed by atoms with Crippen LogP contribution in [0.2, 0.25) is 5.02 Å². The maximum Gasteiger partial charge on any atom is 0.416 e. The van der Waals surface area contributed by atoms with Crippen LogP contribution in [0, 0.1) is 0 Å². The third-order valence-corrected chi connectivity index (χ3v) is 5.13. The highest BCUT2D eigenvalue weighted by molar-refractivity contribution is 6.33. The molecule has 2 N–H and O–H groups in total. The number of aromatic nitrogens is 3. The van der Waals surface area contributed by atoms with E-state index >= 15 is 0 Å². The molecule has 164 valence electrons. The van der Waals surface area contributed by atoms with E-state index in [-0.39, 0.29) is 23.6 Å². The van der Waals surface area contributed by atoms with Crippen LogP contribution in [0.4, 0.5) is 19.0 Å². The zero-order chi connectivity index (χ0) is 23.0. The summed E-state index contributed by atoms with van der Waals surface area (Å²) in [4.78, 5) is 16.8. The third-order valence-electron chi connectivity index (χ3n) is 4.80. The normalized spacial score (nSPS) is 11.7. The SMILES string of the molecule is CCOC(=O)c1c(N)nn2c(-c3ccc(C(F)(F)F)cc3)c(-c3ccccc3Cl)cnc12. The monoisotopic (exact) mass is 460 g/mol. The number of alkyl halides is 3. The fraction of sp³-hybridized carbons (Fsp3) is 0.136. The van der Waals surface area contributed by atoms with E-state index < -0.39 is 17.7 Å². The predicted octanol–water partition coefficient (Wildman–Crippen LogP) is 5.49. The number of anilines is 1. The van der Waals surface area contributed by atoms with Crippen molar-refractivity contribution in [3.8, 4) is 22.4 Å². The molecule has 0 saturated heterocycles. The average molecular weight is 461 g/mol. The van der Waals surface area contributed by atoms with Gasteiger partial charge in [0.25, 0.3) is 0 Å². The minimum absolute atomic E-state index is 0.0225. The summed E-state index contributed by atoms with van der Waals surface area (Å²) in [5.41, 5.74) is 7.15. The molecule has 0 saturated carbocycles. The Bertz CT molecular complexity index is 1320. The summed E-state index contributed by atoms with van der Waals surface area (Å²) >= 11 is 6.38. The zero-order valence-electron chi connectivity index (χ0n) is 16.7. The number of nitrogens with zero attached hydrogens (tertiary/aromatic N) is 3. The van der Waals surface area contributed by atoms with Crippen LogP contribution in [0.1, 0.15) is 22.8 Å². The predicted molar refractivity (Wildman–Crippen MR) is 114 cm³/mol. The molecule has 0 aliphatic rings. The van der Waals surface area contributed by atoms with E-state index in [1.165, 1.54) is 22.8 Å². The standard InChI is InChI=1S/C22H16ClF3N4O2/c1-2-32-21(31)17-19(27)29-30-18(12-7-9-13(10-8-12)22(24,25)26)15(11-28-20(17)30)14-5-3-4-6-16(14)23/h3-11H,2H2,1H3,(H2,27,29). The number of nitrogens with two attached hydrogens (primary N) is 1. The lowest BCUT2D eigenvalue weighted by Gasteiger charge is -2.14. The summed E-state index contributed by atoms with van der Waals surface area (Å²) < 4.78 is 45.6. The number of carbonyl (C=O) groups is 1. The van der Waals surface area contributed by atoms with Gasteiger partial charge in [-0.05, 0) is 25.1 Å². The largest absolute Gasteiger partial charge is 0.462 e. The molecule has 32 heavy (non-hydrogen) atoms. The van der Waals surface area contributed by atoms with Gasteiger partial charge in [0.2, 0.25) is 0 Å². The second-order valence-corrected chi connectivity index (χ2v) is 7.20. The first kappa shape index (κ1) is 21.6. The van der Waals surface area contributed by atoms with E-state index in [4.69, 9.17) is 22.1 Å². The first-order valence-corrected chi connectivity index (χ1v) is 9.87. The molecule has 0 bridgehead atoms. The van der Waals surface area contributed by atoms with Crippen molar-refractivity contribution in [2.24, 2.45) is 0 Å². The highest BCUT2D eigenvalue weighted by atomic mass is 35.5. The number of hydrogen-bond acceptors (Lipinski definition) is 5. The van der Waals surface area contributed by atoms with Crippen LogP contribution in [0.25, 0.3) is 28.0 Å². The molecule has 0 radical (unpaired) electrons. The maximum atomic E-state index is 13.1. The van der Waals surface area contributed by atoms with E-state index in [0.717, 1.165) is 12.1 Å². The van der Waals surface area contributed by atoms with Crippen LogP contribution >= 0.6 is 11.6 Å². The molecule has 2 heterocycles. The number of esters is 1. The molecular formula is C22H16ClF3N4O2. The summed E-state index contributed by atoms with van der Waals surface area (Å²) in [6, 6.07) is 11.5. The van der Waals surface area contributed by atoms with Crippen molar-refractivity contribution < 1.29 is 22.7 Å². The molecule has 6 nitrogen and oxygen atoms in total. The van der Waals surface area contributed by atoms with Crippen molar-refractivity contribution in [3.63, 3.8) is 0 Å². The van der Waals surface area contributed by atoms with Gasteiger partial charge >= 0.3 is 12.1 Å². The van der Waals surface area contributed by atoms with E-state index in [9.17, 15) is 18.0 Å². The molecule has 2 aromatic carbocycles. The molecule has 10 heteroatoms. The van der Waals surface area contributed by atoms with Gasteiger partial charge in [0.1, 0.15) is 5.56 Å². The van der Waals surface area contributed by atoms with Gasteiger partial charge in [-0.1, -0.05) is 41.9 Å². The minimum Gasteiger partial charge on any atom is -0.462 e. The number of halogens is 4. The highest BCUT2D eigenvalue weighted by Gasteiger charge is 2.30. The second-order valence-electron chi connectivity index (χ2n) is 6.79. The van der Waals surface area contributed by atoms with Crippen molar-refractivity contribution in [2.75, 3.05) is 12.3 Å². The van der Waals surface area contributed by atoms with Crippen molar-refractivity contribution in [3.05, 3.63) is 70.9 Å². The quantitative estimate of drug-likeness (QED) is 0.407. The average Bonchev–Trinajstić information content (AvgIpc) is 3.09. The molecule has 2 aromatic heterocycles. The number of nitrogen functional groups attached to an aromatic ring is 1. The fourth-order valence-electron chi connectivity index (χ4n) is 3.37. The zero-order valence-corrected chi connectivity index (χ0v) is 17.4. The molecular weight excluding hydrogens is 445 g/mol. The van der Waals surface area contributed by atoms with Crippen LogP contribution in [0.15, 0.2) is 54.7 Å². The van der Waals surface area contributed by atoms with E-state index in [0.29, 0.717) is 27.4 Å². The second kappa shape index (κ2) is 8.16. The van der Waals surface area contributed by atoms with Crippen LogP contribution in [0.5, 0.6) is 0 Å². The Labute approximate surface area is 185 Å². The Morgan fingerprint density at radius 3 is 2.44 bits per heavy atom. The van der Waals surface area contributed by atoms with Gasteiger partial charge in [0.15, 0.2) is 11.5 Å². The van der Waals surface area contributed by atoms with Crippen LogP contribution in [-0.2, 0) is 10.9 Å². The van der Waals surface area contributed by atoms with Gasteiger partial charge in [-0.2, -0.15) is 13.2 Å². The lowest BCUT2D eigenvalue weighted by molar-refractivity contribution is -0.137. The van der Waals surface area contributed by atoms with Crippen LogP contribution in [-0.4, -0.2) is 27.2 Å². The number of benzene rings is 2. The first-order chi connectivity index (χ1) is 15.2. The van der Waals surface area contributed by atoms with Crippen molar-refractivity contribution in [2.45, 2.75) is 13.1 Å². The fourth-order valence-corrected chi connectivity index (χ4v) is 3.61. The summed E-state index contributed by atoms with van der Waals surface area (Å²) in [6.07, 6.45) is -3.00. The van der Waals surface area contributed by atoms with Crippen LogP contribution in [0.3, 0.4) is 0 Å². The van der Waals surface area contributed by atoms with Gasteiger partial charge in [0, 0.05) is 27.9 Å². The summed E-state index contributed by atoms with van der Waals surface area (Å²) in [7, 11) is 0. The molecule has 0 atom stereocenters. The van der Waals surface area contributed by atoms with Crippen molar-refractivity contribution in [1.82, 2.24) is 14.6 Å². The third kappa shape index (κ3) is 3.75. The maximum absolute atomic E-state index is 13.1. The van der Waals surface area contributed by atoms with Gasteiger partial charge in [-0.15, -0.1) is 5.10 Å². The Hall–Kier alpha value is -3.59. The number of fused-ring (bicyclic) bond motifs is 1. The molecule has 0 aliphatic heterocycles. The lowest BCUT2D eigenvalue weighted by Crippen LogP contribution is -2.08. The lowest BCUT2D eigenvalue weighted by atomic mass is 9.99. The van der Waals surface area contributed by atoms with E-state index in [2.05, 4.69) is 10.1 Å². The van der Waals surface area contributed by atoms with Gasteiger partial charge in [-0.3, -0.25) is 0 Å². The number of ether oxygens (including phenoxy) is 1. The van der Waals surface area contributed by atoms with Gasteiger partial charge in [0.05, 0.1) is 17.9 Å². The first-order valence-electron chi connectivity index (χ1n) is 9.49. The minimum atomic E-state index is -4.48. The molecule has 4 aromatic rings. The van der Waals surface area contributed by atoms with Gasteiger partial charge < -0.3 is 10.5 Å². The Kier molecular flexibility index (Phi) is 5.52. The van der Waals surface area contributed by atoms with Crippen molar-refractivity contribution >= 4 is 29.0 Å². The molecule has 0 spiro atoms. The highest BCUT2D eigenvalue weighted by Crippen LogP contribution is 2.38. The van der Waals surface area contributed by atoms with Crippen molar-refractivity contribution in [1.29, 1.82) is 0 Å². The molecule has 0 amide bonds.